The van der Waals surface area contributed by atoms with Gasteiger partial charge in [0.15, 0.2) is 0 Å². The summed E-state index contributed by atoms with van der Waals surface area (Å²) in [7, 11) is 0.183. The Hall–Kier alpha value is -0.523. The van der Waals surface area contributed by atoms with Crippen molar-refractivity contribution in [3.8, 4) is 0 Å². The smallest absolute Gasteiger partial charge is 0.370 e. The first-order valence-electron chi connectivity index (χ1n) is 3.22. The normalized spacial score (nSPS) is 12.5. The highest BCUT2D eigenvalue weighted by molar-refractivity contribution is 6.36. The van der Waals surface area contributed by atoms with E-state index in [2.05, 4.69) is 0 Å². The molecule has 1 amide bonds. The molecule has 2 nitrogen and oxygen atoms in total. The first-order chi connectivity index (χ1) is 4.89. The van der Waals surface area contributed by atoms with E-state index in [4.69, 9.17) is 0 Å². The summed E-state index contributed by atoms with van der Waals surface area (Å²) in [6, 6.07) is 0.665. The summed E-state index contributed by atoms with van der Waals surface area (Å²) in [6.07, 6.45) is -4.70. The van der Waals surface area contributed by atoms with Gasteiger partial charge in [-0.05, 0) is 6.04 Å². The van der Waals surface area contributed by atoms with Gasteiger partial charge in [-0.3, -0.25) is 4.79 Å². The quantitative estimate of drug-likeness (QED) is 0.575. The van der Waals surface area contributed by atoms with Crippen LogP contribution in [0.1, 0.15) is 6.92 Å². The van der Waals surface area contributed by atoms with Crippen LogP contribution < -0.4 is 0 Å². The monoisotopic (exact) mass is 185 g/mol. The molecular formula is C5H10F3NOSi. The summed E-state index contributed by atoms with van der Waals surface area (Å²) >= 11 is 0. The third-order valence-corrected chi connectivity index (χ3v) is 2.55. The van der Waals surface area contributed by atoms with E-state index in [0.29, 0.717) is 6.04 Å². The maximum Gasteiger partial charge on any atom is 0.470 e. The van der Waals surface area contributed by atoms with Crippen LogP contribution in [0, 0.1) is 0 Å². The van der Waals surface area contributed by atoms with Gasteiger partial charge in [0.1, 0.15) is 9.68 Å². The molecule has 0 N–H and O–H groups in total. The van der Waals surface area contributed by atoms with Crippen LogP contribution in [0.5, 0.6) is 0 Å². The van der Waals surface area contributed by atoms with Crippen molar-refractivity contribution >= 4 is 15.6 Å². The number of alkyl halides is 3. The highest BCUT2D eigenvalue weighted by atomic mass is 28.2. The zero-order valence-electron chi connectivity index (χ0n) is 6.40. The molecule has 0 aromatic carbocycles. The van der Waals surface area contributed by atoms with Crippen LogP contribution in [-0.4, -0.2) is 33.4 Å². The number of halogens is 3. The van der Waals surface area contributed by atoms with E-state index in [9.17, 15) is 18.0 Å². The van der Waals surface area contributed by atoms with Crippen LogP contribution in [-0.2, 0) is 4.79 Å². The second-order valence-corrected chi connectivity index (χ2v) is 4.62. The van der Waals surface area contributed by atoms with Gasteiger partial charge in [-0.2, -0.15) is 13.2 Å². The molecule has 0 atom stereocenters. The molecule has 11 heavy (non-hydrogen) atoms. The van der Waals surface area contributed by atoms with Crippen molar-refractivity contribution in [3.05, 3.63) is 0 Å². The van der Waals surface area contributed by atoms with Crippen LogP contribution in [0.15, 0.2) is 0 Å². The van der Waals surface area contributed by atoms with Crippen molar-refractivity contribution < 1.29 is 18.0 Å². The number of amides is 1. The Morgan fingerprint density at radius 1 is 1.55 bits per heavy atom. The molecule has 0 aliphatic rings. The van der Waals surface area contributed by atoms with Gasteiger partial charge in [-0.1, -0.05) is 6.92 Å². The summed E-state index contributed by atoms with van der Waals surface area (Å²) in [5, 5.41) is 0. The lowest BCUT2D eigenvalue weighted by Crippen LogP contribution is -2.40. The number of hydrogen-bond donors (Lipinski definition) is 0. The van der Waals surface area contributed by atoms with Gasteiger partial charge in [0.25, 0.3) is 0 Å². The molecule has 66 valence electrons. The van der Waals surface area contributed by atoms with Gasteiger partial charge in [-0.15, -0.1) is 0 Å². The summed E-state index contributed by atoms with van der Waals surface area (Å²) in [6.45, 7) is 1.77. The molecule has 0 aliphatic heterocycles. The third kappa shape index (κ3) is 3.40. The number of hydrogen-bond acceptors (Lipinski definition) is 1. The van der Waals surface area contributed by atoms with Crippen molar-refractivity contribution in [2.75, 3.05) is 7.05 Å². The van der Waals surface area contributed by atoms with Gasteiger partial charge in [0.2, 0.25) is 0 Å². The molecule has 6 heteroatoms. The fourth-order valence-electron chi connectivity index (χ4n) is 0.653. The molecule has 0 fully saturated rings. The molecule has 0 bridgehead atoms. The molecular weight excluding hydrogens is 175 g/mol. The van der Waals surface area contributed by atoms with Crippen molar-refractivity contribution in [1.82, 2.24) is 4.57 Å². The summed E-state index contributed by atoms with van der Waals surface area (Å²) in [5.74, 6) is -1.72. The SMILES string of the molecule is CC[SiH2]N(C)C(=O)C(F)(F)F. The Morgan fingerprint density at radius 3 is 2.27 bits per heavy atom. The lowest BCUT2D eigenvalue weighted by molar-refractivity contribution is -0.179. The molecule has 0 unspecified atom stereocenters. The van der Waals surface area contributed by atoms with E-state index in [1.165, 1.54) is 7.05 Å². The van der Waals surface area contributed by atoms with Crippen molar-refractivity contribution in [2.24, 2.45) is 0 Å². The highest BCUT2D eigenvalue weighted by Gasteiger charge is 2.40. The van der Waals surface area contributed by atoms with Gasteiger partial charge < -0.3 is 4.57 Å². The minimum absolute atomic E-state index is 0.665. The number of rotatable bonds is 2. The average molecular weight is 185 g/mol. The molecule has 0 radical (unpaired) electrons. The van der Waals surface area contributed by atoms with Gasteiger partial charge in [0.05, 0.1) is 0 Å². The van der Waals surface area contributed by atoms with Crippen LogP contribution >= 0.6 is 0 Å². The lowest BCUT2D eigenvalue weighted by Gasteiger charge is -2.17. The third-order valence-electron chi connectivity index (χ3n) is 1.15. The van der Waals surface area contributed by atoms with E-state index >= 15 is 0 Å². The Labute approximate surface area is 65.3 Å². The second-order valence-electron chi connectivity index (χ2n) is 2.22. The van der Waals surface area contributed by atoms with Crippen LogP contribution in [0.2, 0.25) is 6.04 Å². The average Bonchev–Trinajstić information content (AvgIpc) is 1.85. The molecule has 0 rings (SSSR count). The number of nitrogens with zero attached hydrogens (tertiary/aromatic N) is 1. The predicted molar refractivity (Wildman–Crippen MR) is 37.9 cm³/mol. The van der Waals surface area contributed by atoms with E-state index < -0.39 is 21.8 Å². The van der Waals surface area contributed by atoms with Crippen molar-refractivity contribution in [3.63, 3.8) is 0 Å². The number of carbonyl (C=O) groups excluding carboxylic acids is 1. The molecule has 0 saturated heterocycles. The van der Waals surface area contributed by atoms with Crippen molar-refractivity contribution in [1.29, 1.82) is 0 Å². The molecule has 0 saturated carbocycles. The lowest BCUT2D eigenvalue weighted by atomic mass is 10.6. The molecule has 0 aliphatic carbocycles. The van der Waals surface area contributed by atoms with Gasteiger partial charge >= 0.3 is 12.1 Å². The fraction of sp³-hybridized carbons (Fsp3) is 0.800. The fourth-order valence-corrected chi connectivity index (χ4v) is 1.71. The topological polar surface area (TPSA) is 20.3 Å². The minimum atomic E-state index is -4.70. The molecule has 0 spiro atoms. The van der Waals surface area contributed by atoms with Gasteiger partial charge in [-0.25, -0.2) is 0 Å². The summed E-state index contributed by atoms with van der Waals surface area (Å²) in [4.78, 5) is 10.4. The molecule has 0 heterocycles. The van der Waals surface area contributed by atoms with E-state index in [0.717, 1.165) is 4.57 Å². The summed E-state index contributed by atoms with van der Waals surface area (Å²) in [5.41, 5.74) is 0. The van der Waals surface area contributed by atoms with Crippen LogP contribution in [0.25, 0.3) is 0 Å². The largest absolute Gasteiger partial charge is 0.470 e. The summed E-state index contributed by atoms with van der Waals surface area (Å²) < 4.78 is 35.8. The highest BCUT2D eigenvalue weighted by Crippen LogP contribution is 2.16. The van der Waals surface area contributed by atoms with Crippen molar-refractivity contribution in [2.45, 2.75) is 19.1 Å². The molecule has 0 aromatic heterocycles. The maximum atomic E-state index is 11.7. The zero-order chi connectivity index (χ0) is 9.07. The standard InChI is InChI=1S/C5H10F3NOSi/c1-3-11-9(2)4(10)5(6,7)8/h3,11H2,1-2H3. The second kappa shape index (κ2) is 3.75. The first-order valence-corrected chi connectivity index (χ1v) is 4.85. The van der Waals surface area contributed by atoms with Crippen LogP contribution in [0.4, 0.5) is 13.2 Å². The zero-order valence-corrected chi connectivity index (χ0v) is 7.82. The maximum absolute atomic E-state index is 11.7. The van der Waals surface area contributed by atoms with Gasteiger partial charge in [0, 0.05) is 7.05 Å². The Morgan fingerprint density at radius 2 is 2.00 bits per heavy atom. The van der Waals surface area contributed by atoms with E-state index in [-0.39, 0.29) is 0 Å². The van der Waals surface area contributed by atoms with Crippen LogP contribution in [0.3, 0.4) is 0 Å². The van der Waals surface area contributed by atoms with E-state index in [1.54, 1.807) is 6.92 Å². The Kier molecular flexibility index (Phi) is 3.57. The minimum Gasteiger partial charge on any atom is -0.370 e. The number of carbonyl (C=O) groups is 1. The molecule has 0 aromatic rings. The Balaban J connectivity index is 4.03. The Bertz CT molecular complexity index is 147. The predicted octanol–water partition coefficient (Wildman–Crippen LogP) is 0.529. The van der Waals surface area contributed by atoms with E-state index in [1.807, 2.05) is 0 Å². The first kappa shape index (κ1) is 10.5.